The average molecular weight is 422 g/mol. The van der Waals surface area contributed by atoms with Crippen LogP contribution in [0.1, 0.15) is 29.8 Å². The van der Waals surface area contributed by atoms with Gasteiger partial charge in [0.15, 0.2) is 0 Å². The molecule has 1 aromatic heterocycles. The molecule has 156 valence electrons. The minimum absolute atomic E-state index is 0.00993. The van der Waals surface area contributed by atoms with Crippen molar-refractivity contribution in [2.75, 3.05) is 26.3 Å². The summed E-state index contributed by atoms with van der Waals surface area (Å²) in [5, 5.41) is 6.00. The van der Waals surface area contributed by atoms with Crippen molar-refractivity contribution in [3.63, 3.8) is 0 Å². The molecule has 2 heterocycles. The number of morpholine rings is 1. The second-order valence-electron chi connectivity index (χ2n) is 7.61. The van der Waals surface area contributed by atoms with Gasteiger partial charge in [-0.3, -0.25) is 9.69 Å². The first kappa shape index (κ1) is 20.7. The molecule has 1 unspecified atom stereocenters. The minimum atomic E-state index is -0.0197. The Morgan fingerprint density at radius 1 is 1.17 bits per heavy atom. The van der Waals surface area contributed by atoms with Crippen molar-refractivity contribution in [2.24, 2.45) is 0 Å². The number of carbonyl (C=O) groups excluding carboxylic acids is 1. The number of hydrogen-bond donors (Lipinski definition) is 1. The van der Waals surface area contributed by atoms with E-state index in [9.17, 15) is 4.79 Å². The lowest BCUT2D eigenvalue weighted by Gasteiger charge is -2.26. The third kappa shape index (κ3) is 5.53. The normalized spacial score (nSPS) is 15.6. The van der Waals surface area contributed by atoms with Gasteiger partial charge in [0.05, 0.1) is 31.4 Å². The van der Waals surface area contributed by atoms with E-state index in [1.807, 2.05) is 42.6 Å². The molecule has 1 aliphatic heterocycles. The van der Waals surface area contributed by atoms with Crippen molar-refractivity contribution in [1.82, 2.24) is 15.2 Å². The zero-order valence-electron chi connectivity index (χ0n) is 17.2. The maximum Gasteiger partial charge on any atom is 0.226 e. The third-order valence-electron chi connectivity index (χ3n) is 5.25. The fourth-order valence-corrected chi connectivity index (χ4v) is 4.44. The van der Waals surface area contributed by atoms with Gasteiger partial charge >= 0.3 is 0 Å². The molecular weight excluding hydrogens is 394 g/mol. The van der Waals surface area contributed by atoms with Gasteiger partial charge in [0, 0.05) is 30.6 Å². The van der Waals surface area contributed by atoms with Crippen LogP contribution >= 0.6 is 11.3 Å². The van der Waals surface area contributed by atoms with Crippen molar-refractivity contribution < 1.29 is 9.53 Å². The van der Waals surface area contributed by atoms with E-state index in [-0.39, 0.29) is 11.9 Å². The monoisotopic (exact) mass is 421 g/mol. The first-order valence-corrected chi connectivity index (χ1v) is 11.2. The molecule has 30 heavy (non-hydrogen) atoms. The number of nitrogens with zero attached hydrogens (tertiary/aromatic N) is 2. The molecule has 1 N–H and O–H groups in total. The summed E-state index contributed by atoms with van der Waals surface area (Å²) in [6, 6.07) is 18.5. The molecule has 1 fully saturated rings. The van der Waals surface area contributed by atoms with Crippen LogP contribution in [-0.2, 0) is 22.5 Å². The van der Waals surface area contributed by atoms with E-state index in [1.54, 1.807) is 11.3 Å². The molecule has 4 rings (SSSR count). The minimum Gasteiger partial charge on any atom is -0.379 e. The highest BCUT2D eigenvalue weighted by Gasteiger charge is 2.14. The first-order chi connectivity index (χ1) is 14.7. The summed E-state index contributed by atoms with van der Waals surface area (Å²) in [6.07, 6.45) is 0.293. The summed E-state index contributed by atoms with van der Waals surface area (Å²) in [7, 11) is 0. The first-order valence-electron chi connectivity index (χ1n) is 10.4. The highest BCUT2D eigenvalue weighted by atomic mass is 32.1. The SMILES string of the molecule is CC(NC(=O)Cc1csc(-c2cccc(CN3CCOCC3)c2)n1)c1ccccc1. The Hall–Kier alpha value is -2.54. The van der Waals surface area contributed by atoms with E-state index in [1.165, 1.54) is 5.56 Å². The third-order valence-corrected chi connectivity index (χ3v) is 6.19. The maximum atomic E-state index is 12.5. The van der Waals surface area contributed by atoms with Crippen molar-refractivity contribution in [1.29, 1.82) is 0 Å². The molecular formula is C24H27N3O2S. The van der Waals surface area contributed by atoms with Crippen molar-refractivity contribution in [3.8, 4) is 10.6 Å². The second kappa shape index (κ2) is 9.98. The maximum absolute atomic E-state index is 12.5. The largest absolute Gasteiger partial charge is 0.379 e. The number of carbonyl (C=O) groups is 1. The van der Waals surface area contributed by atoms with Crippen molar-refractivity contribution in [2.45, 2.75) is 25.9 Å². The molecule has 0 aliphatic carbocycles. The van der Waals surface area contributed by atoms with Crippen LogP contribution in [0.4, 0.5) is 0 Å². The van der Waals surface area contributed by atoms with Gasteiger partial charge in [-0.05, 0) is 24.1 Å². The standard InChI is InChI=1S/C24H27N3O2S/c1-18(20-7-3-2-4-8-20)25-23(28)15-22-17-30-24(26-22)21-9-5-6-19(14-21)16-27-10-12-29-13-11-27/h2-9,14,17-18H,10-13,15-16H2,1H3,(H,25,28). The van der Waals surface area contributed by atoms with Gasteiger partial charge in [0.25, 0.3) is 0 Å². The Bertz CT molecular complexity index is 967. The average Bonchev–Trinajstić information content (AvgIpc) is 3.23. The van der Waals surface area contributed by atoms with Crippen LogP contribution in [0.25, 0.3) is 10.6 Å². The van der Waals surface area contributed by atoms with Crippen LogP contribution in [0.5, 0.6) is 0 Å². The Morgan fingerprint density at radius 2 is 1.97 bits per heavy atom. The van der Waals surface area contributed by atoms with Gasteiger partial charge in [0.1, 0.15) is 5.01 Å². The number of aromatic nitrogens is 1. The highest BCUT2D eigenvalue weighted by molar-refractivity contribution is 7.13. The van der Waals surface area contributed by atoms with E-state index >= 15 is 0 Å². The number of amides is 1. The van der Waals surface area contributed by atoms with E-state index < -0.39 is 0 Å². The van der Waals surface area contributed by atoms with Crippen LogP contribution < -0.4 is 5.32 Å². The Labute approximate surface area is 181 Å². The summed E-state index contributed by atoms with van der Waals surface area (Å²) in [5.74, 6) is -0.00993. The molecule has 1 saturated heterocycles. The fraction of sp³-hybridized carbons (Fsp3) is 0.333. The second-order valence-corrected chi connectivity index (χ2v) is 8.47. The van der Waals surface area contributed by atoms with E-state index in [0.29, 0.717) is 6.42 Å². The Kier molecular flexibility index (Phi) is 6.89. The lowest BCUT2D eigenvalue weighted by Crippen LogP contribution is -2.35. The van der Waals surface area contributed by atoms with E-state index in [2.05, 4.69) is 34.5 Å². The predicted molar refractivity (Wildman–Crippen MR) is 120 cm³/mol. The van der Waals surface area contributed by atoms with Crippen LogP contribution in [0.2, 0.25) is 0 Å². The number of thiazole rings is 1. The number of ether oxygens (including phenoxy) is 1. The number of benzene rings is 2. The highest BCUT2D eigenvalue weighted by Crippen LogP contribution is 2.25. The molecule has 0 saturated carbocycles. The zero-order chi connectivity index (χ0) is 20.8. The molecule has 3 aromatic rings. The van der Waals surface area contributed by atoms with Crippen LogP contribution in [0.15, 0.2) is 60.0 Å². The Morgan fingerprint density at radius 3 is 2.77 bits per heavy atom. The topological polar surface area (TPSA) is 54.5 Å². The predicted octanol–water partition coefficient (Wildman–Crippen LogP) is 4.06. The molecule has 2 aromatic carbocycles. The van der Waals surface area contributed by atoms with Crippen molar-refractivity contribution in [3.05, 3.63) is 76.8 Å². The lowest BCUT2D eigenvalue weighted by atomic mass is 10.1. The number of rotatable bonds is 7. The van der Waals surface area contributed by atoms with Crippen molar-refractivity contribution >= 4 is 17.2 Å². The molecule has 1 aliphatic rings. The van der Waals surface area contributed by atoms with Crippen LogP contribution in [-0.4, -0.2) is 42.1 Å². The number of hydrogen-bond acceptors (Lipinski definition) is 5. The zero-order valence-corrected chi connectivity index (χ0v) is 18.0. The van der Waals surface area contributed by atoms with Crippen LogP contribution in [0.3, 0.4) is 0 Å². The summed E-state index contributed by atoms with van der Waals surface area (Å²) in [4.78, 5) is 19.6. The van der Waals surface area contributed by atoms with Gasteiger partial charge in [0.2, 0.25) is 5.91 Å². The van der Waals surface area contributed by atoms with E-state index in [0.717, 1.165) is 54.7 Å². The summed E-state index contributed by atoms with van der Waals surface area (Å²) in [5.41, 5.74) is 4.30. The quantitative estimate of drug-likeness (QED) is 0.625. The molecule has 1 atom stereocenters. The summed E-state index contributed by atoms with van der Waals surface area (Å²) >= 11 is 1.59. The lowest BCUT2D eigenvalue weighted by molar-refractivity contribution is -0.121. The molecule has 6 heteroatoms. The molecule has 0 spiro atoms. The van der Waals surface area contributed by atoms with Crippen LogP contribution in [0, 0.1) is 0 Å². The van der Waals surface area contributed by atoms with Gasteiger partial charge < -0.3 is 10.1 Å². The van der Waals surface area contributed by atoms with Gasteiger partial charge in [-0.15, -0.1) is 11.3 Å². The smallest absolute Gasteiger partial charge is 0.226 e. The molecule has 5 nitrogen and oxygen atoms in total. The molecule has 1 amide bonds. The van der Waals surface area contributed by atoms with Gasteiger partial charge in [-0.25, -0.2) is 4.98 Å². The van der Waals surface area contributed by atoms with Gasteiger partial charge in [-0.1, -0.05) is 48.5 Å². The van der Waals surface area contributed by atoms with E-state index in [4.69, 9.17) is 9.72 Å². The fourth-order valence-electron chi connectivity index (χ4n) is 3.62. The summed E-state index contributed by atoms with van der Waals surface area (Å²) < 4.78 is 5.43. The van der Waals surface area contributed by atoms with Gasteiger partial charge in [-0.2, -0.15) is 0 Å². The Balaban J connectivity index is 1.36. The molecule has 0 bridgehead atoms. The molecule has 0 radical (unpaired) electrons. The summed E-state index contributed by atoms with van der Waals surface area (Å²) in [6.45, 7) is 6.49. The number of nitrogens with one attached hydrogen (secondary N) is 1.